The highest BCUT2D eigenvalue weighted by Crippen LogP contribution is 2.34. The molecule has 0 aliphatic rings. The van der Waals surface area contributed by atoms with E-state index in [9.17, 15) is 17.6 Å². The number of rotatable bonds is 8. The Balaban J connectivity index is 1.64. The van der Waals surface area contributed by atoms with Crippen LogP contribution in [0.1, 0.15) is 12.8 Å². The summed E-state index contributed by atoms with van der Waals surface area (Å²) < 4.78 is 45.7. The van der Waals surface area contributed by atoms with Gasteiger partial charge in [0.05, 0.1) is 26.9 Å². The van der Waals surface area contributed by atoms with Crippen molar-refractivity contribution in [1.82, 2.24) is 9.97 Å². The van der Waals surface area contributed by atoms with Crippen LogP contribution in [0, 0.1) is 5.82 Å². The quantitative estimate of drug-likeness (QED) is 0.368. The van der Waals surface area contributed by atoms with E-state index >= 15 is 0 Å². The molecule has 0 saturated heterocycles. The maximum absolute atomic E-state index is 14.8. The van der Waals surface area contributed by atoms with Crippen molar-refractivity contribution in [2.75, 3.05) is 5.75 Å². The number of fused-ring (bicyclic) bond motifs is 1. The molecule has 3 aromatic carbocycles. The number of benzene rings is 3. The third kappa shape index (κ3) is 5.16. The minimum Gasteiger partial charge on any atom is -0.457 e. The number of carbonyl (C=O) groups is 1. The first-order chi connectivity index (χ1) is 16.2. The zero-order valence-corrected chi connectivity index (χ0v) is 19.3. The zero-order valence-electron chi connectivity index (χ0n) is 17.7. The van der Waals surface area contributed by atoms with Crippen molar-refractivity contribution < 1.29 is 22.3 Å². The molecule has 4 aromatic rings. The first-order valence-corrected chi connectivity index (χ1v) is 12.3. The number of ether oxygens (including phenoxy) is 1. The van der Waals surface area contributed by atoms with Crippen LogP contribution in [0.3, 0.4) is 0 Å². The lowest BCUT2D eigenvalue weighted by Gasteiger charge is -2.11. The van der Waals surface area contributed by atoms with E-state index < -0.39 is 21.6 Å². The molecule has 4 rings (SSSR count). The molecule has 0 radical (unpaired) electrons. The summed E-state index contributed by atoms with van der Waals surface area (Å²) in [6.45, 7) is 0. The Bertz CT molecular complexity index is 1500. The molecule has 0 fully saturated rings. The van der Waals surface area contributed by atoms with Gasteiger partial charge in [-0.1, -0.05) is 29.8 Å². The number of carbonyl (C=O) groups excluding carboxylic acids is 1. The summed E-state index contributed by atoms with van der Waals surface area (Å²) in [5.74, 6) is -0.752. The third-order valence-corrected chi connectivity index (χ3v) is 7.15. The summed E-state index contributed by atoms with van der Waals surface area (Å²) in [5, 5.41) is 0.998. The molecule has 34 heavy (non-hydrogen) atoms. The van der Waals surface area contributed by atoms with Gasteiger partial charge in [-0.3, -0.25) is 4.79 Å². The average Bonchev–Trinajstić information content (AvgIpc) is 2.80. The number of aromatic nitrogens is 2. The fourth-order valence-corrected chi connectivity index (χ4v) is 5.00. The van der Waals surface area contributed by atoms with Gasteiger partial charge in [-0.25, -0.2) is 22.8 Å². The van der Waals surface area contributed by atoms with E-state index in [4.69, 9.17) is 22.1 Å². The molecule has 0 aliphatic heterocycles. The molecule has 7 nitrogen and oxygen atoms in total. The summed E-state index contributed by atoms with van der Waals surface area (Å²) in [6.07, 6.45) is 1.42. The lowest BCUT2D eigenvalue weighted by molar-refractivity contribution is -0.118. The molecule has 2 N–H and O–H groups in total. The number of nitrogens with zero attached hydrogens (tertiary/aromatic N) is 2. The first kappa shape index (κ1) is 23.6. The second-order valence-electron chi connectivity index (χ2n) is 7.47. The molecular formula is C24H19ClFN3O4S. The second-order valence-corrected chi connectivity index (χ2v) is 9.98. The zero-order chi connectivity index (χ0) is 24.3. The Morgan fingerprint density at radius 1 is 1.03 bits per heavy atom. The lowest BCUT2D eigenvalue weighted by atomic mass is 10.1. The van der Waals surface area contributed by atoms with E-state index in [1.807, 2.05) is 0 Å². The van der Waals surface area contributed by atoms with E-state index in [-0.39, 0.29) is 40.6 Å². The second kappa shape index (κ2) is 9.74. The number of para-hydroxylation sites is 1. The van der Waals surface area contributed by atoms with Crippen LogP contribution in [0.5, 0.6) is 11.5 Å². The van der Waals surface area contributed by atoms with Crippen LogP contribution in [0.2, 0.25) is 5.02 Å². The number of hydrogen-bond donors (Lipinski definition) is 1. The molecule has 0 bridgehead atoms. The molecule has 0 saturated carbocycles. The van der Waals surface area contributed by atoms with Gasteiger partial charge in [0.1, 0.15) is 23.6 Å². The predicted octanol–water partition coefficient (Wildman–Crippen LogP) is 4.92. The number of halogens is 2. The highest BCUT2D eigenvalue weighted by Gasteiger charge is 2.17. The Kier molecular flexibility index (Phi) is 6.76. The highest BCUT2D eigenvalue weighted by atomic mass is 35.5. The maximum Gasteiger partial charge on any atom is 0.217 e. The van der Waals surface area contributed by atoms with Crippen LogP contribution < -0.4 is 10.5 Å². The van der Waals surface area contributed by atoms with E-state index in [1.54, 1.807) is 30.3 Å². The van der Waals surface area contributed by atoms with Crippen LogP contribution in [-0.4, -0.2) is 30.0 Å². The Labute approximate surface area is 200 Å². The molecule has 1 amide bonds. The van der Waals surface area contributed by atoms with E-state index in [1.165, 1.54) is 36.7 Å². The molecule has 174 valence electrons. The van der Waals surface area contributed by atoms with Gasteiger partial charge >= 0.3 is 0 Å². The molecular weight excluding hydrogens is 481 g/mol. The minimum atomic E-state index is -3.63. The minimum absolute atomic E-state index is 0.0171. The van der Waals surface area contributed by atoms with Gasteiger partial charge in [0.25, 0.3) is 0 Å². The molecule has 1 heterocycles. The van der Waals surface area contributed by atoms with Crippen LogP contribution in [-0.2, 0) is 14.6 Å². The van der Waals surface area contributed by atoms with Gasteiger partial charge in [0, 0.05) is 17.4 Å². The van der Waals surface area contributed by atoms with Crippen LogP contribution in [0.15, 0.2) is 71.9 Å². The summed E-state index contributed by atoms with van der Waals surface area (Å²) in [6, 6.07) is 15.3. The van der Waals surface area contributed by atoms with Crippen LogP contribution in [0.25, 0.3) is 22.2 Å². The maximum atomic E-state index is 14.8. The van der Waals surface area contributed by atoms with Crippen molar-refractivity contribution in [2.45, 2.75) is 17.7 Å². The first-order valence-electron chi connectivity index (χ1n) is 10.2. The number of primary amides is 1. The van der Waals surface area contributed by atoms with Gasteiger partial charge in [-0.05, 0) is 48.9 Å². The molecule has 0 aliphatic carbocycles. The molecule has 0 spiro atoms. The van der Waals surface area contributed by atoms with Crippen LogP contribution in [0.4, 0.5) is 4.39 Å². The summed E-state index contributed by atoms with van der Waals surface area (Å²) in [7, 11) is -3.63. The number of hydrogen-bond acceptors (Lipinski definition) is 6. The fraction of sp³-hybridized carbons (Fsp3) is 0.125. The van der Waals surface area contributed by atoms with Crippen molar-refractivity contribution in [1.29, 1.82) is 0 Å². The van der Waals surface area contributed by atoms with Crippen molar-refractivity contribution in [3.05, 3.63) is 77.8 Å². The van der Waals surface area contributed by atoms with Gasteiger partial charge < -0.3 is 10.5 Å². The molecule has 10 heteroatoms. The Morgan fingerprint density at radius 3 is 2.59 bits per heavy atom. The average molecular weight is 500 g/mol. The van der Waals surface area contributed by atoms with Gasteiger partial charge in [0.2, 0.25) is 5.91 Å². The highest BCUT2D eigenvalue weighted by molar-refractivity contribution is 7.91. The van der Waals surface area contributed by atoms with E-state index in [0.29, 0.717) is 21.6 Å². The summed E-state index contributed by atoms with van der Waals surface area (Å²) >= 11 is 6.21. The fourth-order valence-electron chi connectivity index (χ4n) is 3.44. The molecule has 1 aromatic heterocycles. The smallest absolute Gasteiger partial charge is 0.217 e. The largest absolute Gasteiger partial charge is 0.457 e. The summed E-state index contributed by atoms with van der Waals surface area (Å²) in [4.78, 5) is 19.3. The third-order valence-electron chi connectivity index (χ3n) is 5.05. The predicted molar refractivity (Wildman–Crippen MR) is 127 cm³/mol. The van der Waals surface area contributed by atoms with Crippen molar-refractivity contribution in [3.8, 4) is 22.8 Å². The Morgan fingerprint density at radius 2 is 1.79 bits per heavy atom. The van der Waals surface area contributed by atoms with Crippen molar-refractivity contribution in [2.24, 2.45) is 5.73 Å². The molecule has 0 atom stereocenters. The topological polar surface area (TPSA) is 112 Å². The van der Waals surface area contributed by atoms with E-state index in [0.717, 1.165) is 0 Å². The number of nitrogens with two attached hydrogens (primary N) is 1. The van der Waals surface area contributed by atoms with Gasteiger partial charge in [-0.15, -0.1) is 0 Å². The van der Waals surface area contributed by atoms with Gasteiger partial charge in [-0.2, -0.15) is 0 Å². The SMILES string of the molecule is NC(=O)CCCS(=O)(=O)c1cccc(Oc2ccc(F)c(-c3ncnc4c(Cl)cccc34)c2)c1. The normalized spacial score (nSPS) is 11.5. The molecule has 0 unspecified atom stereocenters. The van der Waals surface area contributed by atoms with Crippen molar-refractivity contribution >= 4 is 38.2 Å². The lowest BCUT2D eigenvalue weighted by Crippen LogP contribution is -2.13. The standard InChI is InChI=1S/C24H19ClFN3O4S/c25-20-7-2-6-18-23(28-14-29-24(18)20)19-13-16(9-10-21(19)26)33-15-4-1-5-17(12-15)34(31,32)11-3-8-22(27)30/h1-2,4-7,9-10,12-14H,3,8,11H2,(H2,27,30). The van der Waals surface area contributed by atoms with E-state index in [2.05, 4.69) is 9.97 Å². The number of sulfone groups is 1. The summed E-state index contributed by atoms with van der Waals surface area (Å²) in [5.41, 5.74) is 6.10. The number of amides is 1. The van der Waals surface area contributed by atoms with Crippen LogP contribution >= 0.6 is 11.6 Å². The van der Waals surface area contributed by atoms with Crippen molar-refractivity contribution in [3.63, 3.8) is 0 Å². The Hall–Kier alpha value is -3.56. The monoisotopic (exact) mass is 499 g/mol. The van der Waals surface area contributed by atoms with Gasteiger partial charge in [0.15, 0.2) is 9.84 Å².